The Labute approximate surface area is 182 Å². The van der Waals surface area contributed by atoms with Crippen molar-refractivity contribution in [2.24, 2.45) is 0 Å². The summed E-state index contributed by atoms with van der Waals surface area (Å²) in [6.45, 7) is 9.15. The number of rotatable bonds is 12. The highest BCUT2D eigenvalue weighted by atomic mass is 16.5. The number of anilines is 2. The van der Waals surface area contributed by atoms with Crippen molar-refractivity contribution in [3.63, 3.8) is 0 Å². The Balaban J connectivity index is 1.70. The summed E-state index contributed by atoms with van der Waals surface area (Å²) in [4.78, 5) is 11.2. The first-order valence-electron chi connectivity index (χ1n) is 10.2. The molecule has 1 heterocycles. The van der Waals surface area contributed by atoms with Crippen molar-refractivity contribution in [3.8, 4) is 5.75 Å². The predicted octanol–water partition coefficient (Wildman–Crippen LogP) is 2.08. The molecule has 0 saturated carbocycles. The molecule has 0 aliphatic carbocycles. The fraction of sp³-hybridized carbons (Fsp3) is 0.476. The van der Waals surface area contributed by atoms with E-state index in [1.54, 1.807) is 19.1 Å². The Hall–Kier alpha value is -3.11. The summed E-state index contributed by atoms with van der Waals surface area (Å²) in [6.07, 6.45) is -1.23. The van der Waals surface area contributed by atoms with Gasteiger partial charge in [0.15, 0.2) is 5.82 Å². The molecule has 31 heavy (non-hydrogen) atoms. The summed E-state index contributed by atoms with van der Waals surface area (Å²) in [5.74, 6) is 1.74. The zero-order valence-corrected chi connectivity index (χ0v) is 18.4. The van der Waals surface area contributed by atoms with E-state index >= 15 is 0 Å². The summed E-state index contributed by atoms with van der Waals surface area (Å²) in [6, 6.07) is 11.1. The number of amides is 1. The fourth-order valence-corrected chi connectivity index (χ4v) is 2.51. The molecule has 5 N–H and O–H groups in total. The average Bonchev–Trinajstić information content (AvgIpc) is 2.75. The largest absolute Gasteiger partial charge is 0.491 e. The lowest BCUT2D eigenvalue weighted by atomic mass is 10.1. The molecular weight excluding hydrogens is 400 g/mol. The van der Waals surface area contributed by atoms with E-state index in [0.29, 0.717) is 24.7 Å². The van der Waals surface area contributed by atoms with E-state index in [0.717, 1.165) is 11.3 Å². The first kappa shape index (κ1) is 24.2. The highest BCUT2D eigenvalue weighted by Crippen LogP contribution is 2.16. The zero-order valence-electron chi connectivity index (χ0n) is 18.4. The molecule has 1 aromatic heterocycles. The number of ether oxygens (including phenoxy) is 2. The number of nitrogens with zero attached hydrogens (tertiary/aromatic N) is 2. The SMILES string of the molecule is CCOC(=O)NNc1ccc(NCC(C)(C)NCC(O)COc2ccccc2C)nn1. The van der Waals surface area contributed by atoms with E-state index in [1.165, 1.54) is 0 Å². The number of nitrogens with one attached hydrogen (secondary N) is 4. The highest BCUT2D eigenvalue weighted by Gasteiger charge is 2.19. The number of hydrogen-bond donors (Lipinski definition) is 5. The summed E-state index contributed by atoms with van der Waals surface area (Å²) < 4.78 is 10.4. The lowest BCUT2D eigenvalue weighted by Crippen LogP contribution is -2.49. The lowest BCUT2D eigenvalue weighted by Gasteiger charge is -2.28. The third-order valence-corrected chi connectivity index (χ3v) is 4.29. The second-order valence-electron chi connectivity index (χ2n) is 7.62. The zero-order chi connectivity index (χ0) is 22.7. The average molecular weight is 433 g/mol. The molecule has 0 spiro atoms. The van der Waals surface area contributed by atoms with Crippen molar-refractivity contribution in [3.05, 3.63) is 42.0 Å². The summed E-state index contributed by atoms with van der Waals surface area (Å²) >= 11 is 0. The van der Waals surface area contributed by atoms with Crippen molar-refractivity contribution in [2.45, 2.75) is 39.3 Å². The van der Waals surface area contributed by atoms with Gasteiger partial charge in [-0.3, -0.25) is 5.43 Å². The van der Waals surface area contributed by atoms with Crippen LogP contribution in [0.4, 0.5) is 16.4 Å². The molecule has 1 unspecified atom stereocenters. The number of aliphatic hydroxyl groups excluding tert-OH is 1. The lowest BCUT2D eigenvalue weighted by molar-refractivity contribution is 0.0993. The van der Waals surface area contributed by atoms with Gasteiger partial charge < -0.3 is 25.2 Å². The van der Waals surface area contributed by atoms with Gasteiger partial charge in [-0.1, -0.05) is 18.2 Å². The Morgan fingerprint density at radius 2 is 1.87 bits per heavy atom. The van der Waals surface area contributed by atoms with Crippen molar-refractivity contribution >= 4 is 17.7 Å². The van der Waals surface area contributed by atoms with Gasteiger partial charge in [-0.05, 0) is 51.5 Å². The van der Waals surface area contributed by atoms with Gasteiger partial charge in [0.2, 0.25) is 0 Å². The van der Waals surface area contributed by atoms with Crippen molar-refractivity contribution in [1.82, 2.24) is 20.9 Å². The van der Waals surface area contributed by atoms with E-state index in [1.807, 2.05) is 45.0 Å². The number of carbonyl (C=O) groups is 1. The Kier molecular flexibility index (Phi) is 9.29. The van der Waals surface area contributed by atoms with E-state index in [-0.39, 0.29) is 18.8 Å². The second kappa shape index (κ2) is 11.9. The van der Waals surface area contributed by atoms with Crippen LogP contribution in [0.5, 0.6) is 5.75 Å². The summed E-state index contributed by atoms with van der Waals surface area (Å²) in [7, 11) is 0. The van der Waals surface area contributed by atoms with Gasteiger partial charge in [-0.15, -0.1) is 10.2 Å². The summed E-state index contributed by atoms with van der Waals surface area (Å²) in [5.41, 5.74) is 5.68. The van der Waals surface area contributed by atoms with Gasteiger partial charge in [0.05, 0.1) is 6.61 Å². The standard InChI is InChI=1S/C21H32N6O4/c1-5-30-20(29)27-26-19-11-10-18(24-25-19)22-14-21(3,4)23-12-16(28)13-31-17-9-7-6-8-15(17)2/h6-11,16,23,28H,5,12-14H2,1-4H3,(H,22,24)(H,25,26)(H,27,29). The Morgan fingerprint density at radius 1 is 1.16 bits per heavy atom. The van der Waals surface area contributed by atoms with Gasteiger partial charge in [0.1, 0.15) is 24.3 Å². The molecule has 1 atom stereocenters. The van der Waals surface area contributed by atoms with Gasteiger partial charge >= 0.3 is 6.09 Å². The molecule has 170 valence electrons. The van der Waals surface area contributed by atoms with Crippen LogP contribution in [0.25, 0.3) is 0 Å². The minimum atomic E-state index is -0.643. The maximum Gasteiger partial charge on any atom is 0.425 e. The smallest absolute Gasteiger partial charge is 0.425 e. The number of para-hydroxylation sites is 1. The Morgan fingerprint density at radius 3 is 2.55 bits per heavy atom. The molecule has 0 bridgehead atoms. The number of hydrazine groups is 1. The fourth-order valence-electron chi connectivity index (χ4n) is 2.51. The minimum Gasteiger partial charge on any atom is -0.491 e. The van der Waals surface area contributed by atoms with Crippen molar-refractivity contribution in [1.29, 1.82) is 0 Å². The first-order chi connectivity index (χ1) is 14.8. The molecule has 10 heteroatoms. The van der Waals surface area contributed by atoms with Crippen LogP contribution in [-0.2, 0) is 4.74 Å². The first-order valence-corrected chi connectivity index (χ1v) is 10.2. The molecule has 0 saturated heterocycles. The van der Waals surface area contributed by atoms with E-state index in [9.17, 15) is 9.90 Å². The Bertz CT molecular complexity index is 816. The molecule has 0 fully saturated rings. The van der Waals surface area contributed by atoms with Crippen molar-refractivity contribution < 1.29 is 19.4 Å². The third kappa shape index (κ3) is 9.06. The van der Waals surface area contributed by atoms with E-state index < -0.39 is 12.2 Å². The van der Waals surface area contributed by atoms with Crippen LogP contribution < -0.4 is 26.2 Å². The topological polar surface area (TPSA) is 130 Å². The monoisotopic (exact) mass is 432 g/mol. The van der Waals surface area contributed by atoms with Crippen LogP contribution >= 0.6 is 0 Å². The number of β-amino-alcohol motifs (C(OH)–C–C–N with tert-alkyl or cyclic N) is 1. The number of aliphatic hydroxyl groups is 1. The van der Waals surface area contributed by atoms with Crippen LogP contribution in [0.3, 0.4) is 0 Å². The second-order valence-corrected chi connectivity index (χ2v) is 7.62. The summed E-state index contributed by atoms with van der Waals surface area (Å²) in [5, 5.41) is 24.8. The molecule has 0 aliphatic rings. The van der Waals surface area contributed by atoms with E-state index in [2.05, 4.69) is 31.7 Å². The molecule has 1 amide bonds. The van der Waals surface area contributed by atoms with Gasteiger partial charge in [-0.25, -0.2) is 10.2 Å². The van der Waals surface area contributed by atoms with Gasteiger partial charge in [0.25, 0.3) is 0 Å². The number of hydrogen-bond acceptors (Lipinski definition) is 9. The third-order valence-electron chi connectivity index (χ3n) is 4.29. The van der Waals surface area contributed by atoms with Crippen LogP contribution in [0.1, 0.15) is 26.3 Å². The molecule has 10 nitrogen and oxygen atoms in total. The van der Waals surface area contributed by atoms with Crippen LogP contribution in [-0.4, -0.2) is 59.3 Å². The minimum absolute atomic E-state index is 0.209. The maximum atomic E-state index is 11.2. The quantitative estimate of drug-likeness (QED) is 0.320. The van der Waals surface area contributed by atoms with Gasteiger partial charge in [-0.2, -0.15) is 0 Å². The number of benzene rings is 1. The molecule has 2 aromatic rings. The predicted molar refractivity (Wildman–Crippen MR) is 119 cm³/mol. The number of carbonyl (C=O) groups excluding carboxylic acids is 1. The molecule has 2 rings (SSSR count). The molecule has 0 aliphatic heterocycles. The van der Waals surface area contributed by atoms with Crippen LogP contribution in [0.2, 0.25) is 0 Å². The maximum absolute atomic E-state index is 11.2. The highest BCUT2D eigenvalue weighted by molar-refractivity contribution is 5.68. The van der Waals surface area contributed by atoms with E-state index in [4.69, 9.17) is 9.47 Å². The van der Waals surface area contributed by atoms with Crippen molar-refractivity contribution in [2.75, 3.05) is 37.0 Å². The number of aryl methyl sites for hydroxylation is 1. The number of aromatic nitrogens is 2. The molecular formula is C21H32N6O4. The molecule has 0 radical (unpaired) electrons. The van der Waals surface area contributed by atoms with Crippen LogP contribution in [0, 0.1) is 6.92 Å². The van der Waals surface area contributed by atoms with Crippen LogP contribution in [0.15, 0.2) is 36.4 Å². The normalized spacial score (nSPS) is 12.0. The van der Waals surface area contributed by atoms with Gasteiger partial charge in [0, 0.05) is 18.6 Å². The molecule has 1 aromatic carbocycles.